The number of hydrogen-bond donors (Lipinski definition) is 2. The molecule has 0 saturated heterocycles. The van der Waals surface area contributed by atoms with E-state index in [1.807, 2.05) is 44.2 Å². The predicted molar refractivity (Wildman–Crippen MR) is 95.7 cm³/mol. The molecule has 5 heteroatoms. The van der Waals surface area contributed by atoms with Crippen molar-refractivity contribution in [2.24, 2.45) is 5.92 Å². The molecule has 1 aromatic heterocycles. The number of nitrogens with one attached hydrogen (secondary N) is 2. The molecule has 0 spiro atoms. The van der Waals surface area contributed by atoms with Crippen molar-refractivity contribution in [1.29, 1.82) is 0 Å². The van der Waals surface area contributed by atoms with Crippen LogP contribution in [0.2, 0.25) is 5.02 Å². The van der Waals surface area contributed by atoms with Gasteiger partial charge in [0.05, 0.1) is 11.9 Å². The molecular formula is C18H22ClN3O. The minimum absolute atomic E-state index is 0.0271. The van der Waals surface area contributed by atoms with Gasteiger partial charge in [-0.05, 0) is 36.6 Å². The average molecular weight is 332 g/mol. The normalized spacial score (nSPS) is 10.6. The summed E-state index contributed by atoms with van der Waals surface area (Å²) in [5.74, 6) is 0.638. The van der Waals surface area contributed by atoms with Crippen molar-refractivity contribution in [2.75, 3.05) is 10.6 Å². The average Bonchev–Trinajstić information content (AvgIpc) is 2.56. The molecule has 0 fully saturated rings. The first kappa shape index (κ1) is 17.3. The van der Waals surface area contributed by atoms with E-state index in [-0.39, 0.29) is 11.8 Å². The van der Waals surface area contributed by atoms with Crippen LogP contribution in [0.25, 0.3) is 0 Å². The largest absolute Gasteiger partial charge is 0.380 e. The molecule has 0 aliphatic heterocycles. The molecule has 0 radical (unpaired) electrons. The molecule has 0 unspecified atom stereocenters. The SMILES string of the molecule is CCC(CC)C(=O)Nc1ccc(NCc2ccccc2Cl)cn1. The number of pyridine rings is 1. The molecule has 1 aromatic carbocycles. The molecule has 2 rings (SSSR count). The Kier molecular flexibility index (Phi) is 6.41. The fourth-order valence-corrected chi connectivity index (χ4v) is 2.50. The van der Waals surface area contributed by atoms with Crippen molar-refractivity contribution < 1.29 is 4.79 Å². The van der Waals surface area contributed by atoms with Crippen LogP contribution >= 0.6 is 11.6 Å². The summed E-state index contributed by atoms with van der Waals surface area (Å²) in [7, 11) is 0. The van der Waals surface area contributed by atoms with E-state index in [1.54, 1.807) is 12.3 Å². The molecule has 0 aliphatic carbocycles. The van der Waals surface area contributed by atoms with Crippen molar-refractivity contribution >= 4 is 29.0 Å². The summed E-state index contributed by atoms with van der Waals surface area (Å²) in [4.78, 5) is 16.3. The van der Waals surface area contributed by atoms with Gasteiger partial charge in [0.1, 0.15) is 5.82 Å². The van der Waals surface area contributed by atoms with E-state index in [4.69, 9.17) is 11.6 Å². The number of benzene rings is 1. The summed E-state index contributed by atoms with van der Waals surface area (Å²) in [6, 6.07) is 11.4. The standard InChI is InChI=1S/C18H22ClN3O/c1-3-13(4-2)18(23)22-17-10-9-15(12-21-17)20-11-14-7-5-6-8-16(14)19/h5-10,12-13,20H,3-4,11H2,1-2H3,(H,21,22,23). The molecule has 0 atom stereocenters. The van der Waals surface area contributed by atoms with Gasteiger partial charge in [-0.15, -0.1) is 0 Å². The molecular weight excluding hydrogens is 310 g/mol. The first-order valence-corrected chi connectivity index (χ1v) is 8.26. The second kappa shape index (κ2) is 8.53. The van der Waals surface area contributed by atoms with E-state index in [0.29, 0.717) is 12.4 Å². The Labute approximate surface area is 142 Å². The number of carbonyl (C=O) groups is 1. The molecule has 2 aromatic rings. The van der Waals surface area contributed by atoms with Crippen molar-refractivity contribution in [3.63, 3.8) is 0 Å². The zero-order chi connectivity index (χ0) is 16.7. The first-order valence-electron chi connectivity index (χ1n) is 7.88. The van der Waals surface area contributed by atoms with Crippen LogP contribution in [0.1, 0.15) is 32.3 Å². The second-order valence-electron chi connectivity index (χ2n) is 5.38. The maximum Gasteiger partial charge on any atom is 0.228 e. The Morgan fingerprint density at radius 1 is 1.17 bits per heavy atom. The van der Waals surface area contributed by atoms with Crippen LogP contribution in [0.3, 0.4) is 0 Å². The maximum atomic E-state index is 12.0. The number of rotatable bonds is 7. The molecule has 0 aliphatic rings. The van der Waals surface area contributed by atoms with Crippen LogP contribution in [-0.4, -0.2) is 10.9 Å². The number of aromatic nitrogens is 1. The lowest BCUT2D eigenvalue weighted by molar-refractivity contribution is -0.120. The maximum absolute atomic E-state index is 12.0. The number of hydrogen-bond acceptors (Lipinski definition) is 3. The summed E-state index contributed by atoms with van der Waals surface area (Å²) in [5, 5.41) is 6.86. The summed E-state index contributed by atoms with van der Waals surface area (Å²) >= 11 is 6.13. The van der Waals surface area contributed by atoms with Crippen LogP contribution in [0.15, 0.2) is 42.6 Å². The van der Waals surface area contributed by atoms with Gasteiger partial charge in [-0.3, -0.25) is 4.79 Å². The third kappa shape index (κ3) is 4.96. The molecule has 1 amide bonds. The predicted octanol–water partition coefficient (Wildman–Crippen LogP) is 4.72. The summed E-state index contributed by atoms with van der Waals surface area (Å²) < 4.78 is 0. The minimum Gasteiger partial charge on any atom is -0.380 e. The van der Waals surface area contributed by atoms with Gasteiger partial charge < -0.3 is 10.6 Å². The van der Waals surface area contributed by atoms with Crippen molar-refractivity contribution in [1.82, 2.24) is 4.98 Å². The number of nitrogens with zero attached hydrogens (tertiary/aromatic N) is 1. The lowest BCUT2D eigenvalue weighted by Gasteiger charge is -2.13. The lowest BCUT2D eigenvalue weighted by atomic mass is 10.0. The quantitative estimate of drug-likeness (QED) is 0.771. The van der Waals surface area contributed by atoms with Gasteiger partial charge in [-0.25, -0.2) is 4.98 Å². The molecule has 122 valence electrons. The van der Waals surface area contributed by atoms with Gasteiger partial charge in [-0.1, -0.05) is 43.6 Å². The van der Waals surface area contributed by atoms with Crippen LogP contribution in [0.4, 0.5) is 11.5 Å². The fraction of sp³-hybridized carbons (Fsp3) is 0.333. The molecule has 0 bridgehead atoms. The number of carbonyl (C=O) groups excluding carboxylic acids is 1. The van der Waals surface area contributed by atoms with Crippen molar-refractivity contribution in [2.45, 2.75) is 33.2 Å². The summed E-state index contributed by atoms with van der Waals surface area (Å²) in [6.45, 7) is 4.66. The Hall–Kier alpha value is -2.07. The monoisotopic (exact) mass is 331 g/mol. The van der Waals surface area contributed by atoms with Gasteiger partial charge in [0.25, 0.3) is 0 Å². The van der Waals surface area contributed by atoms with Crippen molar-refractivity contribution in [3.8, 4) is 0 Å². The zero-order valence-corrected chi connectivity index (χ0v) is 14.2. The Morgan fingerprint density at radius 2 is 1.91 bits per heavy atom. The summed E-state index contributed by atoms with van der Waals surface area (Å²) in [6.07, 6.45) is 3.37. The highest BCUT2D eigenvalue weighted by molar-refractivity contribution is 6.31. The number of halogens is 1. The number of anilines is 2. The van der Waals surface area contributed by atoms with Crippen LogP contribution in [0.5, 0.6) is 0 Å². The van der Waals surface area contributed by atoms with Crippen molar-refractivity contribution in [3.05, 3.63) is 53.2 Å². The highest BCUT2D eigenvalue weighted by atomic mass is 35.5. The van der Waals surface area contributed by atoms with E-state index in [0.717, 1.165) is 29.1 Å². The van der Waals surface area contributed by atoms with E-state index in [9.17, 15) is 4.79 Å². The number of amides is 1. The molecule has 2 N–H and O–H groups in total. The summed E-state index contributed by atoms with van der Waals surface area (Å²) in [5.41, 5.74) is 1.91. The second-order valence-corrected chi connectivity index (χ2v) is 5.79. The van der Waals surface area contributed by atoms with Crippen LogP contribution < -0.4 is 10.6 Å². The third-order valence-electron chi connectivity index (χ3n) is 3.81. The highest BCUT2D eigenvalue weighted by Crippen LogP contribution is 2.18. The third-order valence-corrected chi connectivity index (χ3v) is 4.18. The first-order chi connectivity index (χ1) is 11.1. The van der Waals surface area contributed by atoms with Gasteiger partial charge >= 0.3 is 0 Å². The van der Waals surface area contributed by atoms with E-state index in [1.165, 1.54) is 0 Å². The fourth-order valence-electron chi connectivity index (χ4n) is 2.30. The van der Waals surface area contributed by atoms with Crippen LogP contribution in [-0.2, 0) is 11.3 Å². The Balaban J connectivity index is 1.92. The minimum atomic E-state index is 0.0271. The zero-order valence-electron chi connectivity index (χ0n) is 13.5. The molecule has 1 heterocycles. The van der Waals surface area contributed by atoms with E-state index < -0.39 is 0 Å². The Morgan fingerprint density at radius 3 is 2.52 bits per heavy atom. The Bertz CT molecular complexity index is 639. The molecule has 23 heavy (non-hydrogen) atoms. The molecule has 0 saturated carbocycles. The van der Waals surface area contributed by atoms with Gasteiger partial charge in [0, 0.05) is 17.5 Å². The van der Waals surface area contributed by atoms with E-state index in [2.05, 4.69) is 15.6 Å². The van der Waals surface area contributed by atoms with Gasteiger partial charge in [-0.2, -0.15) is 0 Å². The smallest absolute Gasteiger partial charge is 0.228 e. The lowest BCUT2D eigenvalue weighted by Crippen LogP contribution is -2.22. The molecule has 4 nitrogen and oxygen atoms in total. The van der Waals surface area contributed by atoms with Gasteiger partial charge in [0.15, 0.2) is 0 Å². The topological polar surface area (TPSA) is 54.0 Å². The van der Waals surface area contributed by atoms with E-state index >= 15 is 0 Å². The highest BCUT2D eigenvalue weighted by Gasteiger charge is 2.14. The van der Waals surface area contributed by atoms with Crippen LogP contribution in [0, 0.1) is 5.92 Å². The van der Waals surface area contributed by atoms with Gasteiger partial charge in [0.2, 0.25) is 5.91 Å².